The molecule has 0 aliphatic carbocycles. The Morgan fingerprint density at radius 3 is 2.47 bits per heavy atom. The Bertz CT molecular complexity index is 384. The molecule has 1 amide bonds. The first-order chi connectivity index (χ1) is 8.54. The number of carbonyl (C=O) groups is 1. The van der Waals surface area contributed by atoms with Crippen LogP contribution < -0.4 is 11.1 Å². The Balaban J connectivity index is 0.00000324. The van der Waals surface area contributed by atoms with Crippen LogP contribution in [0.4, 0.5) is 0 Å². The second-order valence-corrected chi connectivity index (χ2v) is 5.49. The Morgan fingerprint density at radius 2 is 1.95 bits per heavy atom. The molecule has 0 saturated carbocycles. The topological polar surface area (TPSA) is 55.1 Å². The molecule has 1 aromatic carbocycles. The summed E-state index contributed by atoms with van der Waals surface area (Å²) >= 11 is 3.39. The summed E-state index contributed by atoms with van der Waals surface area (Å²) < 4.78 is 1.06. The number of nitrogens with two attached hydrogens (primary N) is 1. The molecule has 1 aromatic rings. The number of nitrogens with one attached hydrogen (secondary N) is 1. The Labute approximate surface area is 129 Å². The predicted molar refractivity (Wildman–Crippen MR) is 85.5 cm³/mol. The van der Waals surface area contributed by atoms with Gasteiger partial charge in [-0.15, -0.1) is 12.4 Å². The molecule has 5 heteroatoms. The standard InChI is InChI=1S/C14H21BrN2O.ClH/c1-3-10(2)13(16)14(18)17-9-8-11-4-6-12(15)7-5-11;/h4-7,10,13H,3,8-9,16H2,1-2H3,(H,17,18);1H. The lowest BCUT2D eigenvalue weighted by Gasteiger charge is -2.17. The van der Waals surface area contributed by atoms with E-state index in [1.165, 1.54) is 5.56 Å². The molecule has 2 unspecified atom stereocenters. The number of benzene rings is 1. The van der Waals surface area contributed by atoms with Crippen molar-refractivity contribution in [1.82, 2.24) is 5.32 Å². The van der Waals surface area contributed by atoms with Crippen LogP contribution in [0, 0.1) is 5.92 Å². The maximum atomic E-state index is 11.7. The van der Waals surface area contributed by atoms with E-state index >= 15 is 0 Å². The molecular formula is C14H22BrClN2O. The summed E-state index contributed by atoms with van der Waals surface area (Å²) in [7, 11) is 0. The fraction of sp³-hybridized carbons (Fsp3) is 0.500. The third-order valence-electron chi connectivity index (χ3n) is 3.19. The normalized spacial score (nSPS) is 13.3. The van der Waals surface area contributed by atoms with E-state index in [1.807, 2.05) is 38.1 Å². The Hall–Kier alpha value is -0.580. The highest BCUT2D eigenvalue weighted by molar-refractivity contribution is 9.10. The number of carbonyl (C=O) groups excluding carboxylic acids is 1. The minimum Gasteiger partial charge on any atom is -0.354 e. The molecule has 3 N–H and O–H groups in total. The van der Waals surface area contributed by atoms with Crippen LogP contribution >= 0.6 is 28.3 Å². The van der Waals surface area contributed by atoms with Crippen molar-refractivity contribution >= 4 is 34.2 Å². The Kier molecular flexibility index (Phi) is 9.06. The number of hydrogen-bond acceptors (Lipinski definition) is 2. The molecule has 0 bridgehead atoms. The minimum absolute atomic E-state index is 0. The summed E-state index contributed by atoms with van der Waals surface area (Å²) in [5, 5.41) is 2.89. The van der Waals surface area contributed by atoms with Crippen LogP contribution in [0.1, 0.15) is 25.8 Å². The second kappa shape index (κ2) is 9.34. The first-order valence-electron chi connectivity index (χ1n) is 6.32. The molecule has 0 heterocycles. The molecule has 0 saturated heterocycles. The average Bonchev–Trinajstić information content (AvgIpc) is 2.39. The van der Waals surface area contributed by atoms with Gasteiger partial charge < -0.3 is 11.1 Å². The monoisotopic (exact) mass is 348 g/mol. The van der Waals surface area contributed by atoms with Crippen molar-refractivity contribution in [3.63, 3.8) is 0 Å². The molecule has 19 heavy (non-hydrogen) atoms. The number of amides is 1. The highest BCUT2D eigenvalue weighted by Crippen LogP contribution is 2.10. The zero-order chi connectivity index (χ0) is 13.5. The van der Waals surface area contributed by atoms with Crippen molar-refractivity contribution in [2.24, 2.45) is 11.7 Å². The lowest BCUT2D eigenvalue weighted by molar-refractivity contribution is -0.123. The molecule has 3 nitrogen and oxygen atoms in total. The molecular weight excluding hydrogens is 328 g/mol. The first-order valence-corrected chi connectivity index (χ1v) is 7.11. The zero-order valence-corrected chi connectivity index (χ0v) is 13.8. The van der Waals surface area contributed by atoms with Crippen molar-refractivity contribution < 1.29 is 4.79 Å². The molecule has 0 fully saturated rings. The van der Waals surface area contributed by atoms with Gasteiger partial charge in [-0.3, -0.25) is 4.79 Å². The van der Waals surface area contributed by atoms with Crippen LogP contribution in [0.15, 0.2) is 28.7 Å². The van der Waals surface area contributed by atoms with Gasteiger partial charge in [0.1, 0.15) is 0 Å². The lowest BCUT2D eigenvalue weighted by atomic mass is 9.99. The average molecular weight is 350 g/mol. The molecule has 0 aliphatic heterocycles. The van der Waals surface area contributed by atoms with Gasteiger partial charge in [-0.05, 0) is 30.0 Å². The fourth-order valence-corrected chi connectivity index (χ4v) is 1.88. The smallest absolute Gasteiger partial charge is 0.237 e. The van der Waals surface area contributed by atoms with Gasteiger partial charge in [0.2, 0.25) is 5.91 Å². The van der Waals surface area contributed by atoms with Gasteiger partial charge in [0.15, 0.2) is 0 Å². The summed E-state index contributed by atoms with van der Waals surface area (Å²) in [6.45, 7) is 4.67. The summed E-state index contributed by atoms with van der Waals surface area (Å²) in [4.78, 5) is 11.7. The minimum atomic E-state index is -0.403. The van der Waals surface area contributed by atoms with E-state index in [9.17, 15) is 4.79 Å². The molecule has 1 rings (SSSR count). The van der Waals surface area contributed by atoms with Crippen molar-refractivity contribution in [2.45, 2.75) is 32.7 Å². The molecule has 108 valence electrons. The second-order valence-electron chi connectivity index (χ2n) is 4.58. The summed E-state index contributed by atoms with van der Waals surface area (Å²) in [5.41, 5.74) is 7.06. The van der Waals surface area contributed by atoms with E-state index in [0.717, 1.165) is 17.3 Å². The van der Waals surface area contributed by atoms with Gasteiger partial charge in [-0.2, -0.15) is 0 Å². The van der Waals surface area contributed by atoms with Gasteiger partial charge in [0.25, 0.3) is 0 Å². The van der Waals surface area contributed by atoms with E-state index in [0.29, 0.717) is 6.54 Å². The quantitative estimate of drug-likeness (QED) is 0.829. The maximum absolute atomic E-state index is 11.7. The molecule has 0 spiro atoms. The van der Waals surface area contributed by atoms with Crippen LogP contribution in [-0.2, 0) is 11.2 Å². The number of hydrogen-bond donors (Lipinski definition) is 2. The van der Waals surface area contributed by atoms with E-state index in [2.05, 4.69) is 21.2 Å². The lowest BCUT2D eigenvalue weighted by Crippen LogP contribution is -2.45. The van der Waals surface area contributed by atoms with Crippen LogP contribution in [0.25, 0.3) is 0 Å². The van der Waals surface area contributed by atoms with E-state index < -0.39 is 6.04 Å². The van der Waals surface area contributed by atoms with Gasteiger partial charge in [-0.25, -0.2) is 0 Å². The van der Waals surface area contributed by atoms with Crippen molar-refractivity contribution in [3.05, 3.63) is 34.3 Å². The highest BCUT2D eigenvalue weighted by atomic mass is 79.9. The van der Waals surface area contributed by atoms with E-state index in [1.54, 1.807) is 0 Å². The predicted octanol–water partition coefficient (Wildman–Crippen LogP) is 2.90. The van der Waals surface area contributed by atoms with Crippen LogP contribution in [0.3, 0.4) is 0 Å². The van der Waals surface area contributed by atoms with Crippen LogP contribution in [0.2, 0.25) is 0 Å². The van der Waals surface area contributed by atoms with Gasteiger partial charge in [-0.1, -0.05) is 48.3 Å². The Morgan fingerprint density at radius 1 is 1.37 bits per heavy atom. The molecule has 0 aliphatic rings. The molecule has 2 atom stereocenters. The zero-order valence-electron chi connectivity index (χ0n) is 11.4. The van der Waals surface area contributed by atoms with E-state index in [4.69, 9.17) is 5.73 Å². The van der Waals surface area contributed by atoms with Gasteiger partial charge in [0.05, 0.1) is 6.04 Å². The summed E-state index contributed by atoms with van der Waals surface area (Å²) in [5.74, 6) is 0.166. The first kappa shape index (κ1) is 18.4. The maximum Gasteiger partial charge on any atom is 0.237 e. The molecule has 0 aromatic heterocycles. The van der Waals surface area contributed by atoms with Crippen LogP contribution in [0.5, 0.6) is 0 Å². The van der Waals surface area contributed by atoms with Crippen molar-refractivity contribution in [1.29, 1.82) is 0 Å². The summed E-state index contributed by atoms with van der Waals surface area (Å²) in [6.07, 6.45) is 1.74. The third kappa shape index (κ3) is 6.41. The summed E-state index contributed by atoms with van der Waals surface area (Å²) in [6, 6.07) is 7.69. The third-order valence-corrected chi connectivity index (χ3v) is 3.71. The largest absolute Gasteiger partial charge is 0.354 e. The highest BCUT2D eigenvalue weighted by Gasteiger charge is 2.18. The van der Waals surface area contributed by atoms with Gasteiger partial charge in [0, 0.05) is 11.0 Å². The van der Waals surface area contributed by atoms with Crippen LogP contribution in [-0.4, -0.2) is 18.5 Å². The number of halogens is 2. The van der Waals surface area contributed by atoms with Crippen molar-refractivity contribution in [2.75, 3.05) is 6.54 Å². The SMILES string of the molecule is CCC(C)C(N)C(=O)NCCc1ccc(Br)cc1.Cl. The van der Waals surface area contributed by atoms with Gasteiger partial charge >= 0.3 is 0 Å². The fourth-order valence-electron chi connectivity index (χ4n) is 1.61. The molecule has 0 radical (unpaired) electrons. The number of rotatable bonds is 6. The van der Waals surface area contributed by atoms with E-state index in [-0.39, 0.29) is 24.2 Å². The van der Waals surface area contributed by atoms with Crippen molar-refractivity contribution in [3.8, 4) is 0 Å².